The van der Waals surface area contributed by atoms with E-state index in [1.54, 1.807) is 17.0 Å². The molecule has 1 atom stereocenters. The molecular formula is C23H19N5O2. The number of rotatable bonds is 4. The van der Waals surface area contributed by atoms with Crippen LogP contribution in [0.25, 0.3) is 11.4 Å². The van der Waals surface area contributed by atoms with Gasteiger partial charge >= 0.3 is 0 Å². The summed E-state index contributed by atoms with van der Waals surface area (Å²) < 4.78 is 7.40. The minimum absolute atomic E-state index is 0.227. The summed E-state index contributed by atoms with van der Waals surface area (Å²) in [4.78, 5) is 17.9. The van der Waals surface area contributed by atoms with Crippen LogP contribution in [0.1, 0.15) is 18.7 Å². The first-order chi connectivity index (χ1) is 14.7. The minimum atomic E-state index is -0.537. The van der Waals surface area contributed by atoms with Crippen molar-refractivity contribution in [2.75, 3.05) is 10.6 Å². The molecule has 0 saturated carbocycles. The third kappa shape index (κ3) is 3.16. The predicted octanol–water partition coefficient (Wildman–Crippen LogP) is 4.47. The van der Waals surface area contributed by atoms with E-state index in [4.69, 9.17) is 9.52 Å². The normalized spacial score (nSPS) is 15.4. The Balaban J connectivity index is 1.58. The summed E-state index contributed by atoms with van der Waals surface area (Å²) in [5, 5.41) is 10.9. The van der Waals surface area contributed by atoms with Crippen LogP contribution in [0.15, 0.2) is 94.7 Å². The Morgan fingerprint density at radius 3 is 2.47 bits per heavy atom. The molecule has 0 unspecified atom stereocenters. The van der Waals surface area contributed by atoms with E-state index in [2.05, 4.69) is 15.6 Å². The zero-order chi connectivity index (χ0) is 20.5. The van der Waals surface area contributed by atoms with Gasteiger partial charge in [-0.15, -0.1) is 5.10 Å². The highest BCUT2D eigenvalue weighted by molar-refractivity contribution is 6.05. The quantitative estimate of drug-likeness (QED) is 0.531. The second-order valence-corrected chi connectivity index (χ2v) is 6.97. The van der Waals surface area contributed by atoms with E-state index in [9.17, 15) is 4.79 Å². The monoisotopic (exact) mass is 397 g/mol. The largest absolute Gasteiger partial charge is 0.467 e. The fraction of sp³-hybridized carbons (Fsp3) is 0.0870. The maximum Gasteiger partial charge on any atom is 0.256 e. The van der Waals surface area contributed by atoms with Gasteiger partial charge in [-0.25, -0.2) is 4.68 Å². The molecule has 0 saturated heterocycles. The molecule has 30 heavy (non-hydrogen) atoms. The number of benzene rings is 2. The summed E-state index contributed by atoms with van der Waals surface area (Å²) in [6, 6.07) is 22.2. The Labute approximate surface area is 173 Å². The van der Waals surface area contributed by atoms with Gasteiger partial charge in [0.1, 0.15) is 11.8 Å². The van der Waals surface area contributed by atoms with Gasteiger partial charge in [-0.1, -0.05) is 48.5 Å². The molecule has 7 nitrogen and oxygen atoms in total. The van der Waals surface area contributed by atoms with Crippen LogP contribution in [0.2, 0.25) is 0 Å². The Hall–Kier alpha value is -4.13. The number of para-hydroxylation sites is 1. The van der Waals surface area contributed by atoms with Gasteiger partial charge in [0.25, 0.3) is 5.91 Å². The third-order valence-corrected chi connectivity index (χ3v) is 4.97. The number of hydrogen-bond acceptors (Lipinski definition) is 5. The van der Waals surface area contributed by atoms with Crippen LogP contribution >= 0.6 is 0 Å². The van der Waals surface area contributed by atoms with Gasteiger partial charge in [0, 0.05) is 16.9 Å². The molecular weight excluding hydrogens is 378 g/mol. The van der Waals surface area contributed by atoms with Crippen molar-refractivity contribution in [2.24, 2.45) is 0 Å². The number of allylic oxidation sites excluding steroid dienone is 1. The lowest BCUT2D eigenvalue weighted by Gasteiger charge is -2.27. The number of aromatic nitrogens is 3. The molecule has 4 aromatic rings. The smallest absolute Gasteiger partial charge is 0.256 e. The van der Waals surface area contributed by atoms with Gasteiger partial charge in [0.15, 0.2) is 5.82 Å². The molecule has 2 N–H and O–H groups in total. The topological polar surface area (TPSA) is 85.0 Å². The highest BCUT2D eigenvalue weighted by atomic mass is 16.3. The van der Waals surface area contributed by atoms with Crippen molar-refractivity contribution in [3.8, 4) is 11.4 Å². The summed E-state index contributed by atoms with van der Waals surface area (Å²) in [7, 11) is 0. The van der Waals surface area contributed by atoms with Gasteiger partial charge in [-0.3, -0.25) is 4.79 Å². The van der Waals surface area contributed by atoms with Gasteiger partial charge in [0.05, 0.1) is 11.8 Å². The maximum absolute atomic E-state index is 13.3. The Morgan fingerprint density at radius 2 is 1.77 bits per heavy atom. The lowest BCUT2D eigenvalue weighted by molar-refractivity contribution is -0.113. The van der Waals surface area contributed by atoms with Crippen molar-refractivity contribution in [1.29, 1.82) is 0 Å². The van der Waals surface area contributed by atoms with Crippen LogP contribution in [-0.4, -0.2) is 20.7 Å². The second-order valence-electron chi connectivity index (χ2n) is 6.97. The molecule has 2 aromatic carbocycles. The number of carbonyl (C=O) groups excluding carboxylic acids is 1. The number of amides is 1. The van der Waals surface area contributed by atoms with Crippen molar-refractivity contribution in [1.82, 2.24) is 14.8 Å². The van der Waals surface area contributed by atoms with Crippen LogP contribution in [0.4, 0.5) is 11.6 Å². The second kappa shape index (κ2) is 7.36. The van der Waals surface area contributed by atoms with Crippen molar-refractivity contribution >= 4 is 17.5 Å². The van der Waals surface area contributed by atoms with Crippen LogP contribution in [0.5, 0.6) is 0 Å². The average molecular weight is 397 g/mol. The highest BCUT2D eigenvalue weighted by Gasteiger charge is 2.36. The lowest BCUT2D eigenvalue weighted by Crippen LogP contribution is -2.31. The summed E-state index contributed by atoms with van der Waals surface area (Å²) in [6.45, 7) is 1.86. The predicted molar refractivity (Wildman–Crippen MR) is 114 cm³/mol. The third-order valence-electron chi connectivity index (χ3n) is 4.97. The molecule has 5 rings (SSSR count). The Kier molecular flexibility index (Phi) is 4.40. The number of nitrogens with one attached hydrogen (secondary N) is 2. The minimum Gasteiger partial charge on any atom is -0.467 e. The average Bonchev–Trinajstić information content (AvgIpc) is 3.44. The Morgan fingerprint density at radius 1 is 1.03 bits per heavy atom. The van der Waals surface area contributed by atoms with Crippen LogP contribution < -0.4 is 10.6 Å². The number of nitrogens with zero attached hydrogens (tertiary/aromatic N) is 3. The summed E-state index contributed by atoms with van der Waals surface area (Å²) in [5.74, 6) is 1.52. The highest BCUT2D eigenvalue weighted by Crippen LogP contribution is 2.36. The molecule has 148 valence electrons. The van der Waals surface area contributed by atoms with Crippen molar-refractivity contribution < 1.29 is 9.21 Å². The Bertz CT molecular complexity index is 1210. The molecule has 1 amide bonds. The molecule has 3 heterocycles. The van der Waals surface area contributed by atoms with Gasteiger partial charge < -0.3 is 15.1 Å². The van der Waals surface area contributed by atoms with Gasteiger partial charge in [0.2, 0.25) is 5.95 Å². The fourth-order valence-electron chi connectivity index (χ4n) is 3.58. The van der Waals surface area contributed by atoms with E-state index in [0.29, 0.717) is 28.8 Å². The molecule has 7 heteroatoms. The number of carbonyl (C=O) groups is 1. The van der Waals surface area contributed by atoms with Crippen molar-refractivity contribution in [3.63, 3.8) is 0 Å². The first-order valence-corrected chi connectivity index (χ1v) is 9.60. The summed E-state index contributed by atoms with van der Waals surface area (Å²) in [5.41, 5.74) is 2.83. The van der Waals surface area contributed by atoms with Crippen molar-refractivity contribution in [2.45, 2.75) is 13.0 Å². The lowest BCUT2D eigenvalue weighted by atomic mass is 10.00. The zero-order valence-electron chi connectivity index (χ0n) is 16.2. The molecule has 0 bridgehead atoms. The molecule has 0 fully saturated rings. The number of furan rings is 1. The summed E-state index contributed by atoms with van der Waals surface area (Å²) in [6.07, 6.45) is 1.59. The number of anilines is 2. The molecule has 0 aliphatic carbocycles. The zero-order valence-corrected chi connectivity index (χ0v) is 16.2. The van der Waals surface area contributed by atoms with E-state index >= 15 is 0 Å². The number of fused-ring (bicyclic) bond motifs is 1. The SMILES string of the molecule is CC1=C(C(=O)Nc2ccccc2)[C@H](c2ccco2)n2nc(-c3ccccc3)nc2N1. The molecule has 1 aliphatic heterocycles. The van der Waals surface area contributed by atoms with Gasteiger partial charge in [-0.2, -0.15) is 4.98 Å². The van der Waals surface area contributed by atoms with Crippen LogP contribution in [0, 0.1) is 0 Å². The standard InChI is InChI=1S/C23H19N5O2/c1-15-19(22(29)25-17-11-6-3-7-12-17)20(18-13-8-14-30-18)28-23(24-15)26-21(27-28)16-9-4-2-5-10-16/h2-14,20H,1H3,(H,25,29)(H,24,26,27)/t20-/m0/s1. The van der Waals surface area contributed by atoms with Crippen molar-refractivity contribution in [3.05, 3.63) is 96.1 Å². The first kappa shape index (κ1) is 17.9. The van der Waals surface area contributed by atoms with Gasteiger partial charge in [-0.05, 0) is 31.2 Å². The summed E-state index contributed by atoms with van der Waals surface area (Å²) >= 11 is 0. The fourth-order valence-corrected chi connectivity index (χ4v) is 3.58. The maximum atomic E-state index is 13.3. The molecule has 1 aliphatic rings. The van der Waals surface area contributed by atoms with Crippen LogP contribution in [-0.2, 0) is 4.79 Å². The molecule has 0 radical (unpaired) electrons. The van der Waals surface area contributed by atoms with E-state index in [1.807, 2.05) is 73.7 Å². The van der Waals surface area contributed by atoms with E-state index < -0.39 is 6.04 Å². The molecule has 2 aromatic heterocycles. The number of hydrogen-bond donors (Lipinski definition) is 2. The first-order valence-electron chi connectivity index (χ1n) is 9.60. The van der Waals surface area contributed by atoms with E-state index in [0.717, 1.165) is 11.3 Å². The van der Waals surface area contributed by atoms with Crippen LogP contribution in [0.3, 0.4) is 0 Å². The molecule has 0 spiro atoms. The van der Waals surface area contributed by atoms with E-state index in [1.165, 1.54) is 0 Å². The van der Waals surface area contributed by atoms with E-state index in [-0.39, 0.29) is 5.91 Å².